The predicted molar refractivity (Wildman–Crippen MR) is 84.8 cm³/mol. The Morgan fingerprint density at radius 1 is 1.10 bits per heavy atom. The topological polar surface area (TPSA) is 24.9 Å². The smallest absolute Gasteiger partial charge is 0.0372 e. The summed E-state index contributed by atoms with van der Waals surface area (Å²) in [4.78, 5) is 4.41. The van der Waals surface area contributed by atoms with Gasteiger partial charge in [-0.3, -0.25) is 4.98 Å². The van der Waals surface area contributed by atoms with E-state index in [1.165, 1.54) is 17.5 Å². The highest BCUT2D eigenvalue weighted by Crippen LogP contribution is 2.19. The van der Waals surface area contributed by atoms with Gasteiger partial charge in [0.15, 0.2) is 0 Å². The van der Waals surface area contributed by atoms with Crippen molar-refractivity contribution in [3.05, 3.63) is 65.5 Å². The summed E-state index contributed by atoms with van der Waals surface area (Å²) >= 11 is 0. The minimum atomic E-state index is 0.414. The Morgan fingerprint density at radius 2 is 1.90 bits per heavy atom. The van der Waals surface area contributed by atoms with E-state index in [1.54, 1.807) is 0 Å². The van der Waals surface area contributed by atoms with Crippen LogP contribution in [0.5, 0.6) is 0 Å². The van der Waals surface area contributed by atoms with Crippen LogP contribution in [0.25, 0.3) is 0 Å². The summed E-state index contributed by atoms with van der Waals surface area (Å²) in [6, 6.07) is 15.4. The summed E-state index contributed by atoms with van der Waals surface area (Å²) in [6.45, 7) is 5.18. The predicted octanol–water partition coefficient (Wildman–Crippen LogP) is 4.06. The molecule has 20 heavy (non-hydrogen) atoms. The van der Waals surface area contributed by atoms with E-state index in [0.717, 1.165) is 25.1 Å². The fraction of sp³-hybridized carbons (Fsp3) is 0.389. The van der Waals surface area contributed by atoms with Gasteiger partial charge in [-0.15, -0.1) is 0 Å². The molecule has 0 saturated carbocycles. The van der Waals surface area contributed by atoms with Gasteiger partial charge in [-0.1, -0.05) is 43.3 Å². The molecule has 0 saturated heterocycles. The molecule has 2 heteroatoms. The second-order valence-electron chi connectivity index (χ2n) is 5.22. The summed E-state index contributed by atoms with van der Waals surface area (Å²) in [7, 11) is 0. The third-order valence-electron chi connectivity index (χ3n) is 3.59. The number of aryl methyl sites for hydroxylation is 2. The quantitative estimate of drug-likeness (QED) is 0.819. The van der Waals surface area contributed by atoms with E-state index in [4.69, 9.17) is 0 Å². The number of nitrogens with zero attached hydrogens (tertiary/aromatic N) is 1. The second kappa shape index (κ2) is 7.81. The van der Waals surface area contributed by atoms with Gasteiger partial charge in [-0.25, -0.2) is 0 Å². The first-order valence-corrected chi connectivity index (χ1v) is 7.49. The Balaban J connectivity index is 1.90. The van der Waals surface area contributed by atoms with Crippen LogP contribution in [0.4, 0.5) is 0 Å². The van der Waals surface area contributed by atoms with E-state index in [9.17, 15) is 0 Å². The number of rotatable bonds is 7. The van der Waals surface area contributed by atoms with Gasteiger partial charge in [-0.2, -0.15) is 0 Å². The molecule has 1 heterocycles. The maximum atomic E-state index is 4.41. The van der Waals surface area contributed by atoms with E-state index in [0.29, 0.717) is 6.04 Å². The Kier molecular flexibility index (Phi) is 5.75. The number of benzene rings is 1. The normalized spacial score (nSPS) is 12.3. The van der Waals surface area contributed by atoms with Gasteiger partial charge in [0.25, 0.3) is 0 Å². The Hall–Kier alpha value is -1.67. The molecular formula is C18H24N2. The van der Waals surface area contributed by atoms with Gasteiger partial charge >= 0.3 is 0 Å². The van der Waals surface area contributed by atoms with E-state index in [-0.39, 0.29) is 0 Å². The van der Waals surface area contributed by atoms with Crippen molar-refractivity contribution >= 4 is 0 Å². The molecule has 2 nitrogen and oxygen atoms in total. The van der Waals surface area contributed by atoms with E-state index in [2.05, 4.69) is 59.7 Å². The maximum absolute atomic E-state index is 4.41. The van der Waals surface area contributed by atoms with Crippen molar-refractivity contribution < 1.29 is 0 Å². The molecule has 0 aliphatic carbocycles. The zero-order valence-electron chi connectivity index (χ0n) is 12.5. The number of hydrogen-bond acceptors (Lipinski definition) is 2. The van der Waals surface area contributed by atoms with Crippen molar-refractivity contribution in [1.82, 2.24) is 10.3 Å². The fourth-order valence-corrected chi connectivity index (χ4v) is 2.47. The molecule has 0 spiro atoms. The molecule has 0 radical (unpaired) electrons. The van der Waals surface area contributed by atoms with Crippen LogP contribution in [-0.2, 0) is 6.42 Å². The standard InChI is InChI=1S/C18H24N2/c1-3-19-18(17-13-12-15(2)20-14-17)11-7-10-16-8-5-4-6-9-16/h4-6,8-9,12-14,18-19H,3,7,10-11H2,1-2H3. The number of hydrogen-bond donors (Lipinski definition) is 1. The van der Waals surface area contributed by atoms with Gasteiger partial charge in [0.2, 0.25) is 0 Å². The van der Waals surface area contributed by atoms with Gasteiger partial charge in [-0.05, 0) is 49.9 Å². The lowest BCUT2D eigenvalue weighted by Gasteiger charge is -2.18. The number of pyridine rings is 1. The molecule has 0 aliphatic heterocycles. The molecule has 1 unspecified atom stereocenters. The molecule has 1 aromatic heterocycles. The molecule has 106 valence electrons. The van der Waals surface area contributed by atoms with Crippen molar-refractivity contribution in [2.24, 2.45) is 0 Å². The van der Waals surface area contributed by atoms with Gasteiger partial charge in [0.1, 0.15) is 0 Å². The lowest BCUT2D eigenvalue weighted by atomic mass is 10.00. The molecule has 1 atom stereocenters. The molecule has 1 aromatic carbocycles. The first-order valence-electron chi connectivity index (χ1n) is 7.49. The van der Waals surface area contributed by atoms with Crippen LogP contribution < -0.4 is 5.32 Å². The number of aromatic nitrogens is 1. The van der Waals surface area contributed by atoms with Crippen molar-refractivity contribution in [2.75, 3.05) is 6.54 Å². The van der Waals surface area contributed by atoms with E-state index < -0.39 is 0 Å². The van der Waals surface area contributed by atoms with Crippen LogP contribution in [0.3, 0.4) is 0 Å². The maximum Gasteiger partial charge on any atom is 0.0372 e. The van der Waals surface area contributed by atoms with Gasteiger partial charge in [0.05, 0.1) is 0 Å². The molecule has 0 amide bonds. The highest BCUT2D eigenvalue weighted by molar-refractivity contribution is 5.18. The van der Waals surface area contributed by atoms with Gasteiger partial charge in [0, 0.05) is 17.9 Å². The zero-order chi connectivity index (χ0) is 14.2. The first-order chi connectivity index (χ1) is 9.79. The Morgan fingerprint density at radius 3 is 2.55 bits per heavy atom. The van der Waals surface area contributed by atoms with E-state index in [1.807, 2.05) is 13.1 Å². The molecule has 0 fully saturated rings. The fourth-order valence-electron chi connectivity index (χ4n) is 2.47. The SMILES string of the molecule is CCNC(CCCc1ccccc1)c1ccc(C)nc1. The molecule has 0 aliphatic rings. The van der Waals surface area contributed by atoms with Crippen LogP contribution in [0, 0.1) is 6.92 Å². The highest BCUT2D eigenvalue weighted by atomic mass is 14.9. The molecule has 1 N–H and O–H groups in total. The highest BCUT2D eigenvalue weighted by Gasteiger charge is 2.10. The lowest BCUT2D eigenvalue weighted by molar-refractivity contribution is 0.496. The Bertz CT molecular complexity index is 491. The third-order valence-corrected chi connectivity index (χ3v) is 3.59. The minimum absolute atomic E-state index is 0.414. The first kappa shape index (κ1) is 14.7. The van der Waals surface area contributed by atoms with Crippen LogP contribution in [0.2, 0.25) is 0 Å². The average molecular weight is 268 g/mol. The molecule has 0 bridgehead atoms. The van der Waals surface area contributed by atoms with Crippen molar-refractivity contribution in [1.29, 1.82) is 0 Å². The Labute approximate surface area is 122 Å². The van der Waals surface area contributed by atoms with Crippen molar-refractivity contribution in [3.8, 4) is 0 Å². The van der Waals surface area contributed by atoms with Crippen molar-refractivity contribution in [3.63, 3.8) is 0 Å². The van der Waals surface area contributed by atoms with Crippen molar-refractivity contribution in [2.45, 2.75) is 39.2 Å². The second-order valence-corrected chi connectivity index (χ2v) is 5.22. The molecular weight excluding hydrogens is 244 g/mol. The molecule has 2 rings (SSSR count). The van der Waals surface area contributed by atoms with Crippen LogP contribution in [0.1, 0.15) is 42.6 Å². The zero-order valence-corrected chi connectivity index (χ0v) is 12.5. The summed E-state index contributed by atoms with van der Waals surface area (Å²) in [6.07, 6.45) is 5.48. The number of nitrogens with one attached hydrogen (secondary N) is 1. The van der Waals surface area contributed by atoms with Crippen LogP contribution in [0.15, 0.2) is 48.7 Å². The minimum Gasteiger partial charge on any atom is -0.310 e. The van der Waals surface area contributed by atoms with Crippen LogP contribution >= 0.6 is 0 Å². The lowest BCUT2D eigenvalue weighted by Crippen LogP contribution is -2.21. The average Bonchev–Trinajstić information content (AvgIpc) is 2.48. The third kappa shape index (κ3) is 4.46. The summed E-state index contributed by atoms with van der Waals surface area (Å²) in [5.74, 6) is 0. The van der Waals surface area contributed by atoms with Crippen LogP contribution in [-0.4, -0.2) is 11.5 Å². The summed E-state index contributed by atoms with van der Waals surface area (Å²) in [5, 5.41) is 3.56. The summed E-state index contributed by atoms with van der Waals surface area (Å²) < 4.78 is 0. The monoisotopic (exact) mass is 268 g/mol. The summed E-state index contributed by atoms with van der Waals surface area (Å²) in [5.41, 5.74) is 3.79. The van der Waals surface area contributed by atoms with Gasteiger partial charge < -0.3 is 5.32 Å². The molecule has 2 aromatic rings. The largest absolute Gasteiger partial charge is 0.310 e. The van der Waals surface area contributed by atoms with E-state index >= 15 is 0 Å².